The highest BCUT2D eigenvalue weighted by Crippen LogP contribution is 2.30. The quantitative estimate of drug-likeness (QED) is 0.874. The minimum absolute atomic E-state index is 0.526. The number of hydrogen-bond donors (Lipinski definition) is 2. The van der Waals surface area contributed by atoms with Gasteiger partial charge < -0.3 is 9.84 Å². The first-order valence-corrected chi connectivity index (χ1v) is 7.23. The maximum atomic E-state index is 10.6. The Morgan fingerprint density at radius 2 is 2.29 bits per heavy atom. The number of H-pyrrole nitrogens is 1. The van der Waals surface area contributed by atoms with E-state index < -0.39 is 5.60 Å². The number of ether oxygens (including phenoxy) is 1. The zero-order chi connectivity index (χ0) is 14.7. The number of β-amino-alcohol motifs (C(OH)–C–C–N with tert-alkyl or cyclic N) is 1. The predicted molar refractivity (Wildman–Crippen MR) is 78.3 cm³/mol. The fourth-order valence-electron chi connectivity index (χ4n) is 2.54. The molecule has 112 valence electrons. The summed E-state index contributed by atoms with van der Waals surface area (Å²) < 4.78 is 5.67. The Labute approximate surface area is 127 Å². The first kappa shape index (κ1) is 14.3. The summed E-state index contributed by atoms with van der Waals surface area (Å²) in [6.45, 7) is 2.59. The molecule has 2 aromatic rings. The number of aliphatic hydroxyl groups is 1. The van der Waals surface area contributed by atoms with Crippen molar-refractivity contribution in [1.29, 1.82) is 0 Å². The molecule has 6 nitrogen and oxygen atoms in total. The summed E-state index contributed by atoms with van der Waals surface area (Å²) in [5, 5.41) is 21.4. The fourth-order valence-corrected chi connectivity index (χ4v) is 2.73. The van der Waals surface area contributed by atoms with Gasteiger partial charge in [-0.1, -0.05) is 23.7 Å². The summed E-state index contributed by atoms with van der Waals surface area (Å²) in [4.78, 5) is 2.14. The molecule has 1 aliphatic heterocycles. The van der Waals surface area contributed by atoms with Crippen LogP contribution in [0, 0.1) is 0 Å². The lowest BCUT2D eigenvalue weighted by molar-refractivity contribution is 0.0403. The van der Waals surface area contributed by atoms with Crippen LogP contribution >= 0.6 is 11.6 Å². The predicted octanol–water partition coefficient (Wildman–Crippen LogP) is 1.43. The van der Waals surface area contributed by atoms with Gasteiger partial charge in [-0.2, -0.15) is 15.4 Å². The number of para-hydroxylation sites is 1. The van der Waals surface area contributed by atoms with Crippen LogP contribution in [0.5, 0.6) is 5.75 Å². The Balaban J connectivity index is 1.51. The van der Waals surface area contributed by atoms with Crippen molar-refractivity contribution in [3.63, 3.8) is 0 Å². The lowest BCUT2D eigenvalue weighted by atomic mass is 10.0. The molecule has 1 fully saturated rings. The zero-order valence-corrected chi connectivity index (χ0v) is 12.3. The second-order valence-electron chi connectivity index (χ2n) is 5.19. The summed E-state index contributed by atoms with van der Waals surface area (Å²) in [5.74, 6) is 0.685. The molecule has 3 rings (SSSR count). The van der Waals surface area contributed by atoms with Crippen molar-refractivity contribution in [1.82, 2.24) is 20.3 Å². The molecular weight excluding hydrogens is 292 g/mol. The van der Waals surface area contributed by atoms with E-state index in [0.717, 1.165) is 13.1 Å². The Morgan fingerprint density at radius 1 is 1.43 bits per heavy atom. The van der Waals surface area contributed by atoms with E-state index in [1.54, 1.807) is 12.3 Å². The third kappa shape index (κ3) is 3.18. The van der Waals surface area contributed by atoms with Crippen molar-refractivity contribution >= 4 is 11.6 Å². The maximum absolute atomic E-state index is 10.6. The number of halogens is 1. The maximum Gasteiger partial charge on any atom is 0.137 e. The van der Waals surface area contributed by atoms with E-state index in [1.807, 2.05) is 18.2 Å². The van der Waals surface area contributed by atoms with Crippen LogP contribution in [0.1, 0.15) is 12.1 Å². The fraction of sp³-hybridized carbons (Fsp3) is 0.429. The monoisotopic (exact) mass is 308 g/mol. The van der Waals surface area contributed by atoms with Gasteiger partial charge in [0.1, 0.15) is 23.7 Å². The van der Waals surface area contributed by atoms with Gasteiger partial charge in [0.15, 0.2) is 0 Å². The summed E-state index contributed by atoms with van der Waals surface area (Å²) in [6, 6.07) is 7.40. The van der Waals surface area contributed by atoms with E-state index in [-0.39, 0.29) is 0 Å². The molecule has 2 heterocycles. The van der Waals surface area contributed by atoms with Gasteiger partial charge >= 0.3 is 0 Å². The van der Waals surface area contributed by atoms with E-state index in [0.29, 0.717) is 36.0 Å². The van der Waals surface area contributed by atoms with Gasteiger partial charge in [-0.05, 0) is 18.6 Å². The number of nitrogens with one attached hydrogen (secondary N) is 1. The Bertz CT molecular complexity index is 592. The average molecular weight is 309 g/mol. The van der Waals surface area contributed by atoms with Gasteiger partial charge in [0.2, 0.25) is 0 Å². The molecule has 1 aromatic carbocycles. The lowest BCUT2D eigenvalue weighted by Crippen LogP contribution is -2.33. The van der Waals surface area contributed by atoms with Gasteiger partial charge in [-0.3, -0.25) is 4.90 Å². The number of aromatic amines is 1. The van der Waals surface area contributed by atoms with Crippen LogP contribution in [-0.2, 0) is 5.60 Å². The normalized spacial score (nSPS) is 22.6. The number of aromatic nitrogens is 3. The molecule has 1 atom stereocenters. The topological polar surface area (TPSA) is 74.3 Å². The first-order chi connectivity index (χ1) is 10.2. The minimum Gasteiger partial charge on any atom is -0.491 e. The van der Waals surface area contributed by atoms with Gasteiger partial charge in [0, 0.05) is 19.6 Å². The van der Waals surface area contributed by atoms with Crippen molar-refractivity contribution in [3.05, 3.63) is 41.2 Å². The number of hydrogen-bond acceptors (Lipinski definition) is 5. The molecule has 0 unspecified atom stereocenters. The molecule has 0 amide bonds. The van der Waals surface area contributed by atoms with Crippen LogP contribution in [0.3, 0.4) is 0 Å². The molecular formula is C14H17ClN4O2. The minimum atomic E-state index is -0.919. The van der Waals surface area contributed by atoms with Crippen molar-refractivity contribution in [2.45, 2.75) is 12.0 Å². The van der Waals surface area contributed by atoms with Crippen LogP contribution in [0.2, 0.25) is 5.02 Å². The molecule has 0 bridgehead atoms. The molecule has 0 aliphatic carbocycles. The van der Waals surface area contributed by atoms with Crippen molar-refractivity contribution in [2.75, 3.05) is 26.2 Å². The molecule has 2 N–H and O–H groups in total. The largest absolute Gasteiger partial charge is 0.491 e. The van der Waals surface area contributed by atoms with Crippen LogP contribution < -0.4 is 4.74 Å². The van der Waals surface area contributed by atoms with Crippen LogP contribution in [0.25, 0.3) is 0 Å². The molecule has 1 aliphatic rings. The number of rotatable bonds is 5. The molecule has 1 aromatic heterocycles. The van der Waals surface area contributed by atoms with Gasteiger partial charge in [-0.25, -0.2) is 0 Å². The van der Waals surface area contributed by atoms with Crippen molar-refractivity contribution in [2.24, 2.45) is 0 Å². The number of benzene rings is 1. The van der Waals surface area contributed by atoms with Crippen LogP contribution in [-0.4, -0.2) is 51.7 Å². The second kappa shape index (κ2) is 6.01. The second-order valence-corrected chi connectivity index (χ2v) is 5.60. The lowest BCUT2D eigenvalue weighted by Gasteiger charge is -2.21. The highest BCUT2D eigenvalue weighted by Gasteiger charge is 2.39. The third-order valence-corrected chi connectivity index (χ3v) is 4.03. The van der Waals surface area contributed by atoms with E-state index in [4.69, 9.17) is 16.3 Å². The SMILES string of the molecule is O[C@@]1(c2cn[nH]n2)CCN(CCOc2ccccc2Cl)C1. The van der Waals surface area contributed by atoms with Gasteiger partial charge in [-0.15, -0.1) is 0 Å². The summed E-state index contributed by atoms with van der Waals surface area (Å²) in [7, 11) is 0. The Hall–Kier alpha value is -1.63. The van der Waals surface area contributed by atoms with Crippen LogP contribution in [0.4, 0.5) is 0 Å². The molecule has 1 saturated heterocycles. The molecule has 0 spiro atoms. The Kier molecular flexibility index (Phi) is 4.10. The van der Waals surface area contributed by atoms with Gasteiger partial charge in [0.05, 0.1) is 11.2 Å². The first-order valence-electron chi connectivity index (χ1n) is 6.86. The molecule has 7 heteroatoms. The summed E-state index contributed by atoms with van der Waals surface area (Å²) in [6.07, 6.45) is 2.22. The third-order valence-electron chi connectivity index (χ3n) is 3.72. The average Bonchev–Trinajstić information content (AvgIpc) is 3.12. The van der Waals surface area contributed by atoms with Gasteiger partial charge in [0.25, 0.3) is 0 Å². The highest BCUT2D eigenvalue weighted by molar-refractivity contribution is 6.32. The van der Waals surface area contributed by atoms with E-state index in [9.17, 15) is 5.11 Å². The smallest absolute Gasteiger partial charge is 0.137 e. The Morgan fingerprint density at radius 3 is 3.05 bits per heavy atom. The summed E-state index contributed by atoms with van der Waals surface area (Å²) >= 11 is 6.04. The highest BCUT2D eigenvalue weighted by atomic mass is 35.5. The van der Waals surface area contributed by atoms with E-state index in [1.165, 1.54) is 0 Å². The summed E-state index contributed by atoms with van der Waals surface area (Å²) in [5.41, 5.74) is -0.325. The molecule has 0 radical (unpaired) electrons. The van der Waals surface area contributed by atoms with Crippen molar-refractivity contribution in [3.8, 4) is 5.75 Å². The molecule has 21 heavy (non-hydrogen) atoms. The van der Waals surface area contributed by atoms with Crippen molar-refractivity contribution < 1.29 is 9.84 Å². The van der Waals surface area contributed by atoms with E-state index in [2.05, 4.69) is 20.3 Å². The van der Waals surface area contributed by atoms with E-state index >= 15 is 0 Å². The standard InChI is InChI=1S/C14H17ClN4O2/c15-11-3-1-2-4-12(11)21-8-7-19-6-5-14(20,10-19)13-9-16-18-17-13/h1-4,9,20H,5-8,10H2,(H,16,17,18)/t14-/m0/s1. The van der Waals surface area contributed by atoms with Crippen LogP contribution in [0.15, 0.2) is 30.5 Å². The number of likely N-dealkylation sites (tertiary alicyclic amines) is 1. The zero-order valence-electron chi connectivity index (χ0n) is 11.5. The number of nitrogens with zero attached hydrogens (tertiary/aromatic N) is 3. The molecule has 0 saturated carbocycles.